The number of carbonyl (C=O) groups is 1. The van der Waals surface area contributed by atoms with E-state index in [0.29, 0.717) is 13.1 Å². The van der Waals surface area contributed by atoms with E-state index in [2.05, 4.69) is 5.32 Å². The molecule has 0 aromatic heterocycles. The summed E-state index contributed by atoms with van der Waals surface area (Å²) in [4.78, 5) is 11.0. The number of aryl methyl sites for hydroxylation is 1. The van der Waals surface area contributed by atoms with Gasteiger partial charge in [0, 0.05) is 13.1 Å². The molecule has 3 nitrogen and oxygen atoms in total. The first-order valence-corrected chi connectivity index (χ1v) is 5.56. The normalized spacial score (nSPS) is 19.2. The fourth-order valence-electron chi connectivity index (χ4n) is 2.21. The van der Waals surface area contributed by atoms with Crippen LogP contribution in [-0.4, -0.2) is 18.6 Å². The van der Waals surface area contributed by atoms with Crippen LogP contribution >= 0.6 is 0 Å². The average molecular weight is 258 g/mol. The van der Waals surface area contributed by atoms with Crippen molar-refractivity contribution in [1.29, 1.82) is 0 Å². The maximum Gasteiger partial charge on any atom is 0.471 e. The lowest BCUT2D eigenvalue weighted by Crippen LogP contribution is -2.44. The number of rotatable bonds is 1. The van der Waals surface area contributed by atoms with Crippen LogP contribution in [0.4, 0.5) is 13.2 Å². The van der Waals surface area contributed by atoms with Gasteiger partial charge in [0.05, 0.1) is 6.04 Å². The standard InChI is InChI=1S/C12H13F3N2O/c1-7-3-2-4-8-5-16-6-9(10(7)8)17-11(18)12(13,14)15/h2-4,9,16H,5-6H2,1H3,(H,17,18). The second kappa shape index (κ2) is 4.61. The molecule has 6 heteroatoms. The van der Waals surface area contributed by atoms with Gasteiger partial charge in [0.15, 0.2) is 0 Å². The van der Waals surface area contributed by atoms with Crippen molar-refractivity contribution in [2.24, 2.45) is 0 Å². The van der Waals surface area contributed by atoms with Gasteiger partial charge in [-0.3, -0.25) is 4.79 Å². The largest absolute Gasteiger partial charge is 0.471 e. The molecule has 2 N–H and O–H groups in total. The van der Waals surface area contributed by atoms with Crippen LogP contribution in [0.5, 0.6) is 0 Å². The number of benzene rings is 1. The number of fused-ring (bicyclic) bond motifs is 1. The summed E-state index contributed by atoms with van der Waals surface area (Å²) in [5, 5.41) is 5.02. The van der Waals surface area contributed by atoms with E-state index < -0.39 is 18.1 Å². The van der Waals surface area contributed by atoms with Crippen molar-refractivity contribution in [3.63, 3.8) is 0 Å². The lowest BCUT2D eigenvalue weighted by molar-refractivity contribution is -0.174. The number of amides is 1. The van der Waals surface area contributed by atoms with E-state index in [0.717, 1.165) is 16.7 Å². The van der Waals surface area contributed by atoms with Gasteiger partial charge >= 0.3 is 12.1 Å². The van der Waals surface area contributed by atoms with Crippen LogP contribution in [0.2, 0.25) is 0 Å². The molecule has 18 heavy (non-hydrogen) atoms. The first-order chi connectivity index (χ1) is 8.39. The van der Waals surface area contributed by atoms with Crippen molar-refractivity contribution in [1.82, 2.24) is 10.6 Å². The van der Waals surface area contributed by atoms with Gasteiger partial charge < -0.3 is 10.6 Å². The Morgan fingerprint density at radius 3 is 2.83 bits per heavy atom. The molecule has 0 saturated carbocycles. The quantitative estimate of drug-likeness (QED) is 0.806. The molecule has 1 unspecified atom stereocenters. The molecule has 1 aromatic carbocycles. The van der Waals surface area contributed by atoms with E-state index in [-0.39, 0.29) is 0 Å². The molecule has 0 spiro atoms. The summed E-state index contributed by atoms with van der Waals surface area (Å²) in [5.74, 6) is -1.90. The van der Waals surface area contributed by atoms with E-state index in [1.165, 1.54) is 0 Å². The van der Waals surface area contributed by atoms with Crippen LogP contribution < -0.4 is 10.6 Å². The second-order valence-corrected chi connectivity index (χ2v) is 4.30. The number of carbonyl (C=O) groups excluding carboxylic acids is 1. The Hall–Kier alpha value is -1.56. The van der Waals surface area contributed by atoms with Crippen molar-refractivity contribution in [3.05, 3.63) is 34.9 Å². The van der Waals surface area contributed by atoms with Gasteiger partial charge in [-0.2, -0.15) is 13.2 Å². The van der Waals surface area contributed by atoms with Gasteiger partial charge in [-0.15, -0.1) is 0 Å². The summed E-state index contributed by atoms with van der Waals surface area (Å²) in [5.41, 5.74) is 2.60. The first kappa shape index (κ1) is 12.9. The van der Waals surface area contributed by atoms with Gasteiger partial charge in [-0.05, 0) is 23.6 Å². The van der Waals surface area contributed by atoms with E-state index in [9.17, 15) is 18.0 Å². The summed E-state index contributed by atoms with van der Waals surface area (Å²) in [6, 6.07) is 4.89. The van der Waals surface area contributed by atoms with Gasteiger partial charge in [-0.1, -0.05) is 18.2 Å². The van der Waals surface area contributed by atoms with Crippen molar-refractivity contribution >= 4 is 5.91 Å². The molecule has 1 amide bonds. The predicted octanol–water partition coefficient (Wildman–Crippen LogP) is 1.82. The van der Waals surface area contributed by atoms with Crippen molar-refractivity contribution in [2.45, 2.75) is 25.7 Å². The fourth-order valence-corrected chi connectivity index (χ4v) is 2.21. The molecule has 1 aliphatic rings. The highest BCUT2D eigenvalue weighted by Crippen LogP contribution is 2.26. The van der Waals surface area contributed by atoms with Crippen LogP contribution in [0, 0.1) is 6.92 Å². The molecule has 0 saturated heterocycles. The van der Waals surface area contributed by atoms with Crippen molar-refractivity contribution < 1.29 is 18.0 Å². The molecule has 0 fully saturated rings. The molecule has 0 radical (unpaired) electrons. The summed E-state index contributed by atoms with van der Waals surface area (Å²) >= 11 is 0. The molecule has 1 atom stereocenters. The van der Waals surface area contributed by atoms with E-state index in [4.69, 9.17) is 0 Å². The Morgan fingerprint density at radius 2 is 2.17 bits per heavy atom. The molecule has 1 aliphatic heterocycles. The van der Waals surface area contributed by atoms with Crippen LogP contribution in [0.15, 0.2) is 18.2 Å². The smallest absolute Gasteiger partial charge is 0.340 e. The molecular formula is C12H13F3N2O. The van der Waals surface area contributed by atoms with Crippen LogP contribution in [-0.2, 0) is 11.3 Å². The van der Waals surface area contributed by atoms with Gasteiger partial charge in [0.2, 0.25) is 0 Å². The predicted molar refractivity (Wildman–Crippen MR) is 59.8 cm³/mol. The third-order valence-electron chi connectivity index (χ3n) is 2.99. The van der Waals surface area contributed by atoms with Crippen LogP contribution in [0.3, 0.4) is 0 Å². The van der Waals surface area contributed by atoms with Crippen LogP contribution in [0.25, 0.3) is 0 Å². The SMILES string of the molecule is Cc1cccc2c1C(NC(=O)C(F)(F)F)CNC2. The number of nitrogens with one attached hydrogen (secondary N) is 2. The number of alkyl halides is 3. The topological polar surface area (TPSA) is 41.1 Å². The number of hydrogen-bond acceptors (Lipinski definition) is 2. The number of hydrogen-bond donors (Lipinski definition) is 2. The Balaban J connectivity index is 2.26. The molecule has 2 rings (SSSR count). The van der Waals surface area contributed by atoms with E-state index >= 15 is 0 Å². The minimum Gasteiger partial charge on any atom is -0.340 e. The summed E-state index contributed by atoms with van der Waals surface area (Å²) < 4.78 is 36.7. The van der Waals surface area contributed by atoms with Crippen LogP contribution in [0.1, 0.15) is 22.7 Å². The lowest BCUT2D eigenvalue weighted by atomic mass is 9.92. The molecule has 0 bridgehead atoms. The second-order valence-electron chi connectivity index (χ2n) is 4.30. The third kappa shape index (κ3) is 2.48. The Labute approximate surface area is 102 Å². The Kier molecular flexibility index (Phi) is 3.30. The average Bonchev–Trinajstić information content (AvgIpc) is 2.28. The molecular weight excluding hydrogens is 245 g/mol. The van der Waals surface area contributed by atoms with E-state index in [1.807, 2.05) is 30.4 Å². The number of halogens is 3. The molecule has 1 heterocycles. The van der Waals surface area contributed by atoms with Gasteiger partial charge in [0.1, 0.15) is 0 Å². The van der Waals surface area contributed by atoms with E-state index in [1.54, 1.807) is 0 Å². The van der Waals surface area contributed by atoms with Gasteiger partial charge in [0.25, 0.3) is 0 Å². The highest BCUT2D eigenvalue weighted by atomic mass is 19.4. The summed E-state index contributed by atoms with van der Waals surface area (Å²) in [7, 11) is 0. The molecule has 0 aliphatic carbocycles. The zero-order valence-corrected chi connectivity index (χ0v) is 9.77. The highest BCUT2D eigenvalue weighted by Gasteiger charge is 2.40. The monoisotopic (exact) mass is 258 g/mol. The summed E-state index contributed by atoms with van der Waals surface area (Å²) in [6.07, 6.45) is -4.85. The third-order valence-corrected chi connectivity index (χ3v) is 2.99. The summed E-state index contributed by atoms with van der Waals surface area (Å²) in [6.45, 7) is 2.74. The van der Waals surface area contributed by atoms with Gasteiger partial charge in [-0.25, -0.2) is 0 Å². The molecule has 1 aromatic rings. The Bertz CT molecular complexity index is 471. The first-order valence-electron chi connectivity index (χ1n) is 5.56. The lowest BCUT2D eigenvalue weighted by Gasteiger charge is -2.29. The highest BCUT2D eigenvalue weighted by molar-refractivity contribution is 5.82. The maximum absolute atomic E-state index is 12.2. The zero-order valence-electron chi connectivity index (χ0n) is 9.77. The maximum atomic E-state index is 12.2. The van der Waals surface area contributed by atoms with Crippen molar-refractivity contribution in [2.75, 3.05) is 6.54 Å². The minimum absolute atomic E-state index is 0.305. The fraction of sp³-hybridized carbons (Fsp3) is 0.417. The van der Waals surface area contributed by atoms with Crippen molar-refractivity contribution in [3.8, 4) is 0 Å². The zero-order chi connectivity index (χ0) is 13.3. The minimum atomic E-state index is -4.85. The Morgan fingerprint density at radius 1 is 1.44 bits per heavy atom. The molecule has 98 valence electrons.